The number of carbonyl (C=O) groups excluding carboxylic acids is 1. The van der Waals surface area contributed by atoms with Crippen molar-refractivity contribution in [1.82, 2.24) is 10.4 Å². The second kappa shape index (κ2) is 4.08. The summed E-state index contributed by atoms with van der Waals surface area (Å²) in [6.45, 7) is 0.548. The van der Waals surface area contributed by atoms with Gasteiger partial charge in [-0.15, -0.1) is 0 Å². The summed E-state index contributed by atoms with van der Waals surface area (Å²) in [4.78, 5) is 21.4. The van der Waals surface area contributed by atoms with Gasteiger partial charge < -0.3 is 9.84 Å². The van der Waals surface area contributed by atoms with Crippen molar-refractivity contribution in [1.29, 1.82) is 0 Å². The highest BCUT2D eigenvalue weighted by atomic mass is 16.5. The fourth-order valence-electron chi connectivity index (χ4n) is 1.32. The number of aliphatic carboxylic acids is 1. The molecule has 1 fully saturated rings. The quantitative estimate of drug-likeness (QED) is 0.627. The zero-order chi connectivity index (χ0) is 9.84. The van der Waals surface area contributed by atoms with Gasteiger partial charge in [0.15, 0.2) is 0 Å². The van der Waals surface area contributed by atoms with Crippen molar-refractivity contribution in [2.75, 3.05) is 13.7 Å². The molecule has 0 aromatic heterocycles. The number of hydrogen-bond donors (Lipinski definition) is 2. The van der Waals surface area contributed by atoms with Crippen LogP contribution < -0.4 is 5.43 Å². The van der Waals surface area contributed by atoms with E-state index in [1.807, 2.05) is 0 Å². The molecule has 1 atom stereocenters. The van der Waals surface area contributed by atoms with Crippen molar-refractivity contribution < 1.29 is 19.4 Å². The minimum absolute atomic E-state index is 0.548. The van der Waals surface area contributed by atoms with Crippen LogP contribution in [0, 0.1) is 0 Å². The number of carbonyl (C=O) groups is 2. The lowest BCUT2D eigenvalue weighted by molar-refractivity contribution is -0.142. The van der Waals surface area contributed by atoms with Crippen molar-refractivity contribution >= 4 is 12.1 Å². The number of rotatable bonds is 2. The van der Waals surface area contributed by atoms with E-state index in [1.165, 1.54) is 12.1 Å². The van der Waals surface area contributed by atoms with Gasteiger partial charge in [0.05, 0.1) is 7.11 Å². The van der Waals surface area contributed by atoms with Gasteiger partial charge in [0.25, 0.3) is 0 Å². The molecule has 1 aliphatic rings. The van der Waals surface area contributed by atoms with Gasteiger partial charge in [-0.2, -0.15) is 0 Å². The number of nitrogens with one attached hydrogen (secondary N) is 1. The highest BCUT2D eigenvalue weighted by Crippen LogP contribution is 2.14. The first-order valence-corrected chi connectivity index (χ1v) is 3.99. The molecule has 1 amide bonds. The van der Waals surface area contributed by atoms with Crippen LogP contribution in [0.3, 0.4) is 0 Å². The SMILES string of the molecule is COC(=O)NN1CCCC1C(=O)O. The Morgan fingerprint density at radius 1 is 1.62 bits per heavy atom. The number of carboxylic acid groups (broad SMARTS) is 1. The summed E-state index contributed by atoms with van der Waals surface area (Å²) >= 11 is 0. The van der Waals surface area contributed by atoms with E-state index >= 15 is 0 Å². The molecule has 74 valence electrons. The van der Waals surface area contributed by atoms with Crippen molar-refractivity contribution in [3.8, 4) is 0 Å². The molecule has 13 heavy (non-hydrogen) atoms. The smallest absolute Gasteiger partial charge is 0.421 e. The summed E-state index contributed by atoms with van der Waals surface area (Å²) < 4.78 is 4.36. The van der Waals surface area contributed by atoms with E-state index < -0.39 is 18.1 Å². The predicted molar refractivity (Wildman–Crippen MR) is 42.9 cm³/mol. The molecular weight excluding hydrogens is 176 g/mol. The molecule has 0 bridgehead atoms. The molecule has 0 aromatic rings. The Balaban J connectivity index is 2.48. The fourth-order valence-corrected chi connectivity index (χ4v) is 1.32. The number of amides is 1. The van der Waals surface area contributed by atoms with Crippen LogP contribution in [0.1, 0.15) is 12.8 Å². The summed E-state index contributed by atoms with van der Waals surface area (Å²) in [7, 11) is 1.24. The van der Waals surface area contributed by atoms with Gasteiger partial charge in [-0.1, -0.05) is 0 Å². The Morgan fingerprint density at radius 3 is 2.85 bits per heavy atom. The van der Waals surface area contributed by atoms with E-state index in [-0.39, 0.29) is 0 Å². The number of carboxylic acids is 1. The first-order valence-electron chi connectivity index (χ1n) is 3.99. The van der Waals surface area contributed by atoms with Gasteiger partial charge >= 0.3 is 12.1 Å². The molecule has 1 rings (SSSR count). The highest BCUT2D eigenvalue weighted by Gasteiger charge is 2.31. The summed E-state index contributed by atoms with van der Waals surface area (Å²) in [5.41, 5.74) is 2.35. The van der Waals surface area contributed by atoms with Gasteiger partial charge in [0, 0.05) is 6.54 Å². The highest BCUT2D eigenvalue weighted by molar-refractivity contribution is 5.74. The minimum Gasteiger partial charge on any atom is -0.480 e. The number of nitrogens with zero attached hydrogens (tertiary/aromatic N) is 1. The van der Waals surface area contributed by atoms with Gasteiger partial charge in [0.1, 0.15) is 6.04 Å². The van der Waals surface area contributed by atoms with Crippen LogP contribution in [0.15, 0.2) is 0 Å². The molecule has 1 heterocycles. The van der Waals surface area contributed by atoms with E-state index in [1.54, 1.807) is 0 Å². The molecule has 1 unspecified atom stereocenters. The molecule has 0 spiro atoms. The molecule has 6 heteroatoms. The number of methoxy groups -OCH3 is 1. The largest absolute Gasteiger partial charge is 0.480 e. The molecule has 0 radical (unpaired) electrons. The third-order valence-electron chi connectivity index (χ3n) is 1.96. The fraction of sp³-hybridized carbons (Fsp3) is 0.714. The Bertz CT molecular complexity index is 219. The Kier molecular flexibility index (Phi) is 3.07. The van der Waals surface area contributed by atoms with Crippen LogP contribution in [0.2, 0.25) is 0 Å². The second-order valence-electron chi connectivity index (χ2n) is 2.79. The average Bonchev–Trinajstić information content (AvgIpc) is 2.52. The van der Waals surface area contributed by atoms with Crippen LogP contribution >= 0.6 is 0 Å². The Morgan fingerprint density at radius 2 is 2.31 bits per heavy atom. The lowest BCUT2D eigenvalue weighted by Crippen LogP contribution is -2.48. The van der Waals surface area contributed by atoms with Gasteiger partial charge in [-0.05, 0) is 12.8 Å². The lowest BCUT2D eigenvalue weighted by Gasteiger charge is -2.20. The third kappa shape index (κ3) is 2.32. The van der Waals surface area contributed by atoms with Crippen LogP contribution in [-0.4, -0.2) is 41.9 Å². The summed E-state index contributed by atoms with van der Waals surface area (Å²) in [5.74, 6) is -0.922. The first kappa shape index (κ1) is 9.79. The standard InChI is InChI=1S/C7H12N2O4/c1-13-7(12)8-9-4-2-3-5(9)6(10)11/h5H,2-4H2,1H3,(H,8,12)(H,10,11). The maximum Gasteiger partial charge on any atom is 0.421 e. The van der Waals surface area contributed by atoms with Gasteiger partial charge in [-0.25, -0.2) is 9.80 Å². The summed E-state index contributed by atoms with van der Waals surface area (Å²) in [5, 5.41) is 10.1. The van der Waals surface area contributed by atoms with E-state index in [2.05, 4.69) is 10.2 Å². The van der Waals surface area contributed by atoms with Crippen LogP contribution in [0.5, 0.6) is 0 Å². The van der Waals surface area contributed by atoms with E-state index in [0.29, 0.717) is 13.0 Å². The van der Waals surface area contributed by atoms with Gasteiger partial charge in [0.2, 0.25) is 0 Å². The molecule has 1 aliphatic heterocycles. The Hall–Kier alpha value is -1.30. The van der Waals surface area contributed by atoms with Crippen LogP contribution in [0.25, 0.3) is 0 Å². The molecule has 0 aliphatic carbocycles. The topological polar surface area (TPSA) is 78.9 Å². The zero-order valence-corrected chi connectivity index (χ0v) is 7.32. The minimum atomic E-state index is -0.922. The van der Waals surface area contributed by atoms with Crippen LogP contribution in [-0.2, 0) is 9.53 Å². The number of hydrazine groups is 1. The van der Waals surface area contributed by atoms with Crippen molar-refractivity contribution in [2.24, 2.45) is 0 Å². The number of ether oxygens (including phenoxy) is 1. The average molecular weight is 188 g/mol. The van der Waals surface area contributed by atoms with Crippen molar-refractivity contribution in [3.05, 3.63) is 0 Å². The lowest BCUT2D eigenvalue weighted by atomic mass is 10.2. The maximum atomic E-state index is 10.8. The van der Waals surface area contributed by atoms with Crippen molar-refractivity contribution in [3.63, 3.8) is 0 Å². The molecular formula is C7H12N2O4. The monoisotopic (exact) mass is 188 g/mol. The van der Waals surface area contributed by atoms with Gasteiger partial charge in [-0.3, -0.25) is 10.2 Å². The van der Waals surface area contributed by atoms with E-state index in [0.717, 1.165) is 6.42 Å². The molecule has 0 saturated carbocycles. The predicted octanol–water partition coefficient (Wildman–Crippen LogP) is -0.194. The maximum absolute atomic E-state index is 10.8. The van der Waals surface area contributed by atoms with Crippen molar-refractivity contribution in [2.45, 2.75) is 18.9 Å². The second-order valence-corrected chi connectivity index (χ2v) is 2.79. The molecule has 2 N–H and O–H groups in total. The zero-order valence-electron chi connectivity index (χ0n) is 7.32. The normalized spacial score (nSPS) is 22.7. The van der Waals surface area contributed by atoms with E-state index in [4.69, 9.17) is 5.11 Å². The van der Waals surface area contributed by atoms with E-state index in [9.17, 15) is 9.59 Å². The summed E-state index contributed by atoms with van der Waals surface area (Å²) in [6, 6.07) is -0.626. The number of hydrogen-bond acceptors (Lipinski definition) is 4. The molecule has 0 aromatic carbocycles. The van der Waals surface area contributed by atoms with Crippen LogP contribution in [0.4, 0.5) is 4.79 Å². The summed E-state index contributed by atoms with van der Waals surface area (Å²) in [6.07, 6.45) is 0.688. The third-order valence-corrected chi connectivity index (χ3v) is 1.96. The Labute approximate surface area is 75.4 Å². The first-order chi connectivity index (χ1) is 6.15. The molecule has 6 nitrogen and oxygen atoms in total. The molecule has 1 saturated heterocycles.